The fourth-order valence-corrected chi connectivity index (χ4v) is 2.39. The molecule has 0 spiro atoms. The van der Waals surface area contributed by atoms with Gasteiger partial charge in [0.25, 0.3) is 0 Å². The van der Waals surface area contributed by atoms with E-state index in [0.29, 0.717) is 17.7 Å². The third-order valence-corrected chi connectivity index (χ3v) is 3.50. The molecular formula is C13H17F2N. The summed E-state index contributed by atoms with van der Waals surface area (Å²) in [4.78, 5) is 0. The smallest absolute Gasteiger partial charge is 0.127 e. The number of benzene rings is 1. The third-order valence-electron chi connectivity index (χ3n) is 3.50. The van der Waals surface area contributed by atoms with E-state index in [9.17, 15) is 8.78 Å². The number of piperidine rings is 1. The first-order valence-corrected chi connectivity index (χ1v) is 5.70. The quantitative estimate of drug-likeness (QED) is 0.775. The Balaban J connectivity index is 2.42. The molecule has 16 heavy (non-hydrogen) atoms. The van der Waals surface area contributed by atoms with Crippen LogP contribution in [0.1, 0.15) is 30.9 Å². The molecule has 1 N–H and O–H groups in total. The van der Waals surface area contributed by atoms with Gasteiger partial charge in [0.15, 0.2) is 0 Å². The number of hydrogen-bond acceptors (Lipinski definition) is 1. The summed E-state index contributed by atoms with van der Waals surface area (Å²) < 4.78 is 27.4. The molecule has 1 aliphatic heterocycles. The zero-order valence-corrected chi connectivity index (χ0v) is 9.74. The van der Waals surface area contributed by atoms with Crippen LogP contribution < -0.4 is 5.32 Å². The van der Waals surface area contributed by atoms with Crippen LogP contribution in [-0.2, 0) is 5.41 Å². The Kier molecular flexibility index (Phi) is 2.98. The van der Waals surface area contributed by atoms with E-state index in [2.05, 4.69) is 5.32 Å². The lowest BCUT2D eigenvalue weighted by atomic mass is 9.76. The Bertz CT molecular complexity index is 395. The summed E-state index contributed by atoms with van der Waals surface area (Å²) in [5, 5.41) is 3.25. The molecule has 1 atom stereocenters. The molecule has 0 bridgehead atoms. The summed E-state index contributed by atoms with van der Waals surface area (Å²) >= 11 is 0. The van der Waals surface area contributed by atoms with Gasteiger partial charge in [0.2, 0.25) is 0 Å². The van der Waals surface area contributed by atoms with Crippen molar-refractivity contribution in [2.45, 2.75) is 32.1 Å². The maximum Gasteiger partial charge on any atom is 0.127 e. The molecule has 1 heterocycles. The molecule has 1 aliphatic rings. The van der Waals surface area contributed by atoms with E-state index in [-0.39, 0.29) is 17.0 Å². The van der Waals surface area contributed by atoms with E-state index in [1.54, 1.807) is 6.92 Å². The number of hydrogen-bond donors (Lipinski definition) is 1. The van der Waals surface area contributed by atoms with Gasteiger partial charge in [-0.05, 0) is 49.6 Å². The zero-order chi connectivity index (χ0) is 11.8. The molecule has 0 aliphatic carbocycles. The highest BCUT2D eigenvalue weighted by atomic mass is 19.1. The molecule has 1 aromatic carbocycles. The Hall–Kier alpha value is -0.960. The SMILES string of the molecule is Cc1cc(F)c(C2(C)CCCNC2)cc1F. The molecule has 0 aromatic heterocycles. The minimum Gasteiger partial charge on any atom is -0.316 e. The molecule has 2 rings (SSSR count). The summed E-state index contributed by atoms with van der Waals surface area (Å²) in [5.41, 5.74) is 0.591. The number of rotatable bonds is 1. The van der Waals surface area contributed by atoms with Gasteiger partial charge in [-0.3, -0.25) is 0 Å². The van der Waals surface area contributed by atoms with Gasteiger partial charge < -0.3 is 5.32 Å². The highest BCUT2D eigenvalue weighted by molar-refractivity contribution is 5.32. The van der Waals surface area contributed by atoms with Gasteiger partial charge in [0.1, 0.15) is 11.6 Å². The van der Waals surface area contributed by atoms with Crippen LogP contribution in [0, 0.1) is 18.6 Å². The van der Waals surface area contributed by atoms with Crippen molar-refractivity contribution >= 4 is 0 Å². The van der Waals surface area contributed by atoms with Crippen molar-refractivity contribution in [2.75, 3.05) is 13.1 Å². The normalized spacial score (nSPS) is 25.8. The zero-order valence-electron chi connectivity index (χ0n) is 9.74. The second-order valence-corrected chi connectivity index (χ2v) is 4.92. The van der Waals surface area contributed by atoms with Gasteiger partial charge in [-0.25, -0.2) is 8.78 Å². The molecule has 1 unspecified atom stereocenters. The van der Waals surface area contributed by atoms with E-state index in [1.165, 1.54) is 12.1 Å². The van der Waals surface area contributed by atoms with Gasteiger partial charge in [-0.1, -0.05) is 6.92 Å². The monoisotopic (exact) mass is 225 g/mol. The molecule has 1 aromatic rings. The first-order valence-electron chi connectivity index (χ1n) is 5.70. The lowest BCUT2D eigenvalue weighted by Crippen LogP contribution is -2.41. The van der Waals surface area contributed by atoms with Crippen LogP contribution in [0.25, 0.3) is 0 Å². The van der Waals surface area contributed by atoms with Gasteiger partial charge in [0, 0.05) is 12.0 Å². The molecule has 0 amide bonds. The second kappa shape index (κ2) is 4.13. The van der Waals surface area contributed by atoms with Crippen LogP contribution in [0.3, 0.4) is 0 Å². The minimum absolute atomic E-state index is 0.281. The van der Waals surface area contributed by atoms with Crippen LogP contribution in [0.4, 0.5) is 8.78 Å². The third kappa shape index (κ3) is 1.96. The topological polar surface area (TPSA) is 12.0 Å². The Morgan fingerprint density at radius 2 is 2.00 bits per heavy atom. The number of aryl methyl sites for hydroxylation is 1. The molecule has 1 fully saturated rings. The van der Waals surface area contributed by atoms with Crippen molar-refractivity contribution in [3.63, 3.8) is 0 Å². The van der Waals surface area contributed by atoms with Crippen molar-refractivity contribution in [3.05, 3.63) is 34.9 Å². The maximum atomic E-state index is 13.9. The standard InChI is InChI=1S/C13H17F2N/c1-9-6-12(15)10(7-11(9)14)13(2)4-3-5-16-8-13/h6-7,16H,3-5,8H2,1-2H3. The van der Waals surface area contributed by atoms with Gasteiger partial charge >= 0.3 is 0 Å². The Morgan fingerprint density at radius 1 is 1.25 bits per heavy atom. The molecule has 1 saturated heterocycles. The molecule has 88 valence electrons. The van der Waals surface area contributed by atoms with Crippen molar-refractivity contribution in [1.29, 1.82) is 0 Å². The molecule has 0 radical (unpaired) electrons. The highest BCUT2D eigenvalue weighted by Crippen LogP contribution is 2.33. The van der Waals surface area contributed by atoms with Crippen LogP contribution in [0.2, 0.25) is 0 Å². The molecule has 1 nitrogen and oxygen atoms in total. The average molecular weight is 225 g/mol. The summed E-state index contributed by atoms with van der Waals surface area (Å²) in [7, 11) is 0. The van der Waals surface area contributed by atoms with Gasteiger partial charge in [-0.15, -0.1) is 0 Å². The lowest BCUT2D eigenvalue weighted by Gasteiger charge is -2.35. The van der Waals surface area contributed by atoms with Gasteiger partial charge in [-0.2, -0.15) is 0 Å². The number of nitrogens with one attached hydrogen (secondary N) is 1. The van der Waals surface area contributed by atoms with E-state index in [0.717, 1.165) is 19.4 Å². The number of halogens is 2. The minimum atomic E-state index is -0.316. The molecular weight excluding hydrogens is 208 g/mol. The Labute approximate surface area is 94.9 Å². The van der Waals surface area contributed by atoms with Crippen molar-refractivity contribution in [3.8, 4) is 0 Å². The first kappa shape index (κ1) is 11.5. The van der Waals surface area contributed by atoms with E-state index < -0.39 is 0 Å². The van der Waals surface area contributed by atoms with Crippen molar-refractivity contribution in [2.24, 2.45) is 0 Å². The predicted molar refractivity (Wildman–Crippen MR) is 60.6 cm³/mol. The summed E-state index contributed by atoms with van der Waals surface area (Å²) in [6.45, 7) is 5.26. The van der Waals surface area contributed by atoms with Gasteiger partial charge in [0.05, 0.1) is 0 Å². The van der Waals surface area contributed by atoms with Crippen molar-refractivity contribution in [1.82, 2.24) is 5.32 Å². The summed E-state index contributed by atoms with van der Waals surface area (Å²) in [5.74, 6) is -0.603. The van der Waals surface area contributed by atoms with E-state index >= 15 is 0 Å². The average Bonchev–Trinajstić information content (AvgIpc) is 2.24. The predicted octanol–water partition coefficient (Wildman–Crippen LogP) is 2.91. The fourth-order valence-electron chi connectivity index (χ4n) is 2.39. The second-order valence-electron chi connectivity index (χ2n) is 4.92. The summed E-state index contributed by atoms with van der Waals surface area (Å²) in [6.07, 6.45) is 1.91. The van der Waals surface area contributed by atoms with Crippen LogP contribution in [0.15, 0.2) is 12.1 Å². The molecule has 0 saturated carbocycles. The van der Waals surface area contributed by atoms with Crippen LogP contribution in [-0.4, -0.2) is 13.1 Å². The Morgan fingerprint density at radius 3 is 2.62 bits per heavy atom. The lowest BCUT2D eigenvalue weighted by molar-refractivity contribution is 0.327. The van der Waals surface area contributed by atoms with E-state index in [4.69, 9.17) is 0 Å². The molecule has 3 heteroatoms. The summed E-state index contributed by atoms with van der Waals surface area (Å²) in [6, 6.07) is 2.65. The van der Waals surface area contributed by atoms with E-state index in [1.807, 2.05) is 6.92 Å². The van der Waals surface area contributed by atoms with Crippen molar-refractivity contribution < 1.29 is 8.78 Å². The maximum absolute atomic E-state index is 13.9. The van der Waals surface area contributed by atoms with Crippen LogP contribution >= 0.6 is 0 Å². The van der Waals surface area contributed by atoms with Crippen LogP contribution in [0.5, 0.6) is 0 Å². The fraction of sp³-hybridized carbons (Fsp3) is 0.538. The largest absolute Gasteiger partial charge is 0.316 e. The highest BCUT2D eigenvalue weighted by Gasteiger charge is 2.31. The first-order chi connectivity index (χ1) is 7.53.